The van der Waals surface area contributed by atoms with Gasteiger partial charge in [0.05, 0.1) is 15.3 Å². The standard InChI is InChI=1S/C26H24N2O9P2S4/c1-3-19(37-28(33)34)15-25(31)27-17-4-13-23(24(14-17)35-16(2)29)26(32)36-20-7-11-22(12-8-20)39(41)42-38(40,43-39)21-9-5-18(30)6-10-21/h4-14,19,30H,3,15H2,1-2H3,(H,27,31). The summed E-state index contributed by atoms with van der Waals surface area (Å²) in [5.74, 6) is -1.79. The predicted octanol–water partition coefficient (Wildman–Crippen LogP) is 5.90. The summed E-state index contributed by atoms with van der Waals surface area (Å²) in [6.45, 7) is 2.80. The molecule has 1 aliphatic rings. The summed E-state index contributed by atoms with van der Waals surface area (Å²) in [6.07, 6.45) is -0.971. The summed E-state index contributed by atoms with van der Waals surface area (Å²) in [7, 11) is 0. The first-order chi connectivity index (χ1) is 20.3. The minimum Gasteiger partial charge on any atom is -0.508 e. The number of ether oxygens (including phenoxy) is 2. The third kappa shape index (κ3) is 8.37. The highest BCUT2D eigenvalue weighted by Crippen LogP contribution is 3.04. The van der Waals surface area contributed by atoms with Crippen LogP contribution in [0.1, 0.15) is 37.0 Å². The van der Waals surface area contributed by atoms with Crippen LogP contribution in [0, 0.1) is 10.1 Å². The number of hydrogen-bond acceptors (Lipinski definition) is 13. The van der Waals surface area contributed by atoms with Gasteiger partial charge in [0.2, 0.25) is 5.91 Å². The van der Waals surface area contributed by atoms with Crippen molar-refractivity contribution < 1.29 is 38.9 Å². The largest absolute Gasteiger partial charge is 0.508 e. The van der Waals surface area contributed by atoms with Crippen LogP contribution in [-0.4, -0.2) is 34.1 Å². The number of phenols is 1. The first-order valence-electron chi connectivity index (χ1n) is 12.5. The van der Waals surface area contributed by atoms with Gasteiger partial charge < -0.3 is 24.7 Å². The second-order valence-corrected chi connectivity index (χ2v) is 30.3. The molecule has 1 unspecified atom stereocenters. The van der Waals surface area contributed by atoms with Crippen molar-refractivity contribution in [3.63, 3.8) is 0 Å². The number of nitrogens with one attached hydrogen (secondary N) is 1. The van der Waals surface area contributed by atoms with Gasteiger partial charge in [-0.15, -0.1) is 10.1 Å². The number of hydrogen-bond donors (Lipinski definition) is 2. The van der Waals surface area contributed by atoms with Gasteiger partial charge in [-0.1, -0.05) is 52.5 Å². The highest BCUT2D eigenvalue weighted by Gasteiger charge is 2.45. The second kappa shape index (κ2) is 13.8. The third-order valence-electron chi connectivity index (χ3n) is 5.80. The molecule has 0 aromatic heterocycles. The minimum absolute atomic E-state index is 0.0627. The van der Waals surface area contributed by atoms with Gasteiger partial charge in [0.1, 0.15) is 28.9 Å². The van der Waals surface area contributed by atoms with E-state index in [1.54, 1.807) is 65.3 Å². The lowest BCUT2D eigenvalue weighted by Gasteiger charge is -2.40. The Labute approximate surface area is 264 Å². The molecule has 1 aliphatic heterocycles. The first-order valence-corrected chi connectivity index (χ1v) is 22.1. The molecule has 17 heteroatoms. The first kappa shape index (κ1) is 33.0. The van der Waals surface area contributed by atoms with Crippen molar-refractivity contribution in [2.24, 2.45) is 0 Å². The molecule has 3 aromatic rings. The van der Waals surface area contributed by atoms with E-state index in [1.807, 2.05) is 12.1 Å². The van der Waals surface area contributed by atoms with Crippen molar-refractivity contribution in [3.05, 3.63) is 82.4 Å². The average Bonchev–Trinajstić information content (AvgIpc) is 2.92. The fraction of sp³-hybridized carbons (Fsp3) is 0.192. The molecule has 4 rings (SSSR count). The molecular weight excluding hydrogens is 675 g/mol. The second-order valence-electron chi connectivity index (χ2n) is 8.97. The smallest absolute Gasteiger partial charge is 0.347 e. The molecule has 1 atom stereocenters. The number of amides is 1. The molecule has 1 heterocycles. The number of aromatic hydroxyl groups is 1. The minimum atomic E-state index is -2.04. The van der Waals surface area contributed by atoms with Crippen LogP contribution in [0.25, 0.3) is 0 Å². The van der Waals surface area contributed by atoms with Crippen LogP contribution < -0.4 is 25.4 Å². The number of anilines is 1. The number of phenolic OH excluding ortho intramolecular Hbond substituents is 1. The molecule has 0 saturated carbocycles. The lowest BCUT2D eigenvalue weighted by molar-refractivity contribution is -0.768. The summed E-state index contributed by atoms with van der Waals surface area (Å²) >= 11 is 15.1. The lowest BCUT2D eigenvalue weighted by Crippen LogP contribution is -2.24. The third-order valence-corrected chi connectivity index (χ3v) is 37.0. The molecule has 1 amide bonds. The fourth-order valence-electron chi connectivity index (χ4n) is 3.78. The zero-order chi connectivity index (χ0) is 31.4. The Morgan fingerprint density at radius 3 is 2.09 bits per heavy atom. The number of esters is 2. The Morgan fingerprint density at radius 2 is 1.56 bits per heavy atom. The summed E-state index contributed by atoms with van der Waals surface area (Å²) in [4.78, 5) is 52.2. The highest BCUT2D eigenvalue weighted by molar-refractivity contribution is 9.48. The highest BCUT2D eigenvalue weighted by atomic mass is 33.7. The van der Waals surface area contributed by atoms with Crippen LogP contribution in [0.5, 0.6) is 17.2 Å². The quantitative estimate of drug-likeness (QED) is 0.0804. The van der Waals surface area contributed by atoms with E-state index in [9.17, 15) is 29.6 Å². The van der Waals surface area contributed by atoms with Gasteiger partial charge in [-0.05, 0) is 67.1 Å². The molecule has 2 N–H and O–H groups in total. The van der Waals surface area contributed by atoms with Gasteiger partial charge in [-0.3, -0.25) is 9.59 Å². The van der Waals surface area contributed by atoms with Crippen LogP contribution in [0.2, 0.25) is 0 Å². The monoisotopic (exact) mass is 698 g/mol. The van der Waals surface area contributed by atoms with Gasteiger partial charge in [0, 0.05) is 29.3 Å². The van der Waals surface area contributed by atoms with E-state index in [0.717, 1.165) is 17.5 Å². The molecule has 43 heavy (non-hydrogen) atoms. The van der Waals surface area contributed by atoms with Crippen molar-refractivity contribution in [2.45, 2.75) is 32.8 Å². The maximum absolute atomic E-state index is 13.0. The maximum atomic E-state index is 13.0. The summed E-state index contributed by atoms with van der Waals surface area (Å²) in [5.41, 5.74) is 0.133. The fourth-order valence-corrected chi connectivity index (χ4v) is 46.1. The van der Waals surface area contributed by atoms with E-state index in [2.05, 4.69) is 10.2 Å². The molecule has 1 fully saturated rings. The number of benzene rings is 3. The molecule has 0 bridgehead atoms. The molecule has 3 aromatic carbocycles. The van der Waals surface area contributed by atoms with Gasteiger partial charge in [0.15, 0.2) is 0 Å². The number of carbonyl (C=O) groups is 3. The molecule has 1 saturated heterocycles. The van der Waals surface area contributed by atoms with E-state index >= 15 is 0 Å². The Balaban J connectivity index is 1.43. The maximum Gasteiger partial charge on any atom is 0.347 e. The van der Waals surface area contributed by atoms with Crippen molar-refractivity contribution in [1.82, 2.24) is 0 Å². The van der Waals surface area contributed by atoms with Crippen molar-refractivity contribution in [3.8, 4) is 17.2 Å². The zero-order valence-electron chi connectivity index (χ0n) is 22.5. The molecule has 11 nitrogen and oxygen atoms in total. The Kier molecular flexibility index (Phi) is 10.6. The van der Waals surface area contributed by atoms with Crippen LogP contribution >= 0.6 is 30.9 Å². The molecule has 0 aliphatic carbocycles. The van der Waals surface area contributed by atoms with Crippen molar-refractivity contribution >= 4 is 88.6 Å². The average molecular weight is 699 g/mol. The van der Waals surface area contributed by atoms with E-state index in [-0.39, 0.29) is 41.3 Å². The van der Waals surface area contributed by atoms with E-state index in [1.165, 1.54) is 18.2 Å². The van der Waals surface area contributed by atoms with Crippen LogP contribution in [0.4, 0.5) is 5.69 Å². The van der Waals surface area contributed by atoms with Gasteiger partial charge in [-0.2, -0.15) is 0 Å². The SMILES string of the molecule is CCC(CC(=O)Nc1ccc(C(=O)Oc2ccc(P3(=S)SP(=S)(c4ccc(O)cc4)S3)cc2)c(OC(C)=O)c1)O[N+](=O)[O-]. The van der Waals surface area contributed by atoms with E-state index < -0.39 is 37.9 Å². The molecule has 226 valence electrons. The lowest BCUT2D eigenvalue weighted by atomic mass is 10.1. The zero-order valence-corrected chi connectivity index (χ0v) is 27.6. The van der Waals surface area contributed by atoms with Crippen LogP contribution in [-0.2, 0) is 38.0 Å². The van der Waals surface area contributed by atoms with Crippen molar-refractivity contribution in [1.29, 1.82) is 0 Å². The predicted molar refractivity (Wildman–Crippen MR) is 176 cm³/mol. The summed E-state index contributed by atoms with van der Waals surface area (Å²) in [6, 6.07) is 17.8. The summed E-state index contributed by atoms with van der Waals surface area (Å²) < 4.78 is 6.71. The number of rotatable bonds is 11. The van der Waals surface area contributed by atoms with Gasteiger partial charge in [-0.25, -0.2) is 4.79 Å². The van der Waals surface area contributed by atoms with Gasteiger partial charge in [0.25, 0.3) is 5.09 Å². The Morgan fingerprint density at radius 1 is 0.977 bits per heavy atom. The van der Waals surface area contributed by atoms with E-state index in [4.69, 9.17) is 33.1 Å². The Hall–Kier alpha value is -2.93. The normalized spacial score (nSPS) is 19.8. The topological polar surface area (TPSA) is 154 Å². The Bertz CT molecular complexity index is 1660. The van der Waals surface area contributed by atoms with E-state index in [0.29, 0.717) is 0 Å². The molecule has 0 radical (unpaired) electrons. The van der Waals surface area contributed by atoms with Crippen LogP contribution in [0.15, 0.2) is 66.7 Å². The van der Waals surface area contributed by atoms with Crippen molar-refractivity contribution in [2.75, 3.05) is 5.32 Å². The number of carbonyl (C=O) groups excluding carboxylic acids is 3. The molecule has 0 spiro atoms. The van der Waals surface area contributed by atoms with Gasteiger partial charge >= 0.3 is 11.9 Å². The molecular formula is C26H24N2O9P2S4. The summed E-state index contributed by atoms with van der Waals surface area (Å²) in [5, 5.41) is 23.7. The van der Waals surface area contributed by atoms with Crippen LogP contribution in [0.3, 0.4) is 0 Å². The number of nitrogens with zero attached hydrogens (tertiary/aromatic N) is 1.